The van der Waals surface area contributed by atoms with E-state index in [4.69, 9.17) is 4.74 Å². The molecule has 1 aliphatic heterocycles. The van der Waals surface area contributed by atoms with Crippen LogP contribution in [0.2, 0.25) is 0 Å². The second-order valence-electron chi connectivity index (χ2n) is 9.24. The molecule has 3 heterocycles. The van der Waals surface area contributed by atoms with Crippen LogP contribution in [0.15, 0.2) is 52.7 Å². The Morgan fingerprint density at radius 3 is 2.76 bits per heavy atom. The molecule has 1 saturated heterocycles. The first-order chi connectivity index (χ1) is 16.4. The first-order valence-corrected chi connectivity index (χ1v) is 12.4. The third kappa shape index (κ3) is 6.23. The van der Waals surface area contributed by atoms with Gasteiger partial charge in [0.05, 0.1) is 19.3 Å². The lowest BCUT2D eigenvalue weighted by Gasteiger charge is -2.45. The van der Waals surface area contributed by atoms with Crippen LogP contribution in [0.1, 0.15) is 53.4 Å². The monoisotopic (exact) mass is 474 g/mol. The van der Waals surface area contributed by atoms with Gasteiger partial charge in [0.1, 0.15) is 5.83 Å². The summed E-state index contributed by atoms with van der Waals surface area (Å²) in [6.07, 6.45) is 8.45. The number of pyridine rings is 1. The summed E-state index contributed by atoms with van der Waals surface area (Å²) in [6.45, 7) is 9.34. The van der Waals surface area contributed by atoms with Crippen molar-refractivity contribution >= 4 is 5.65 Å². The van der Waals surface area contributed by atoms with E-state index in [2.05, 4.69) is 23.8 Å². The maximum Gasteiger partial charge on any atom is 0.350 e. The van der Waals surface area contributed by atoms with Crippen molar-refractivity contribution in [2.45, 2.75) is 78.1 Å². The number of allylic oxidation sites excluding steroid dienone is 2. The van der Waals surface area contributed by atoms with Gasteiger partial charge in [-0.15, -0.1) is 5.10 Å². The average Bonchev–Trinajstić information content (AvgIpc) is 3.16. The summed E-state index contributed by atoms with van der Waals surface area (Å²) >= 11 is 0. The minimum Gasteiger partial charge on any atom is -0.396 e. The van der Waals surface area contributed by atoms with Gasteiger partial charge in [-0.25, -0.2) is 13.9 Å². The maximum atomic E-state index is 14.2. The average molecular weight is 475 g/mol. The normalized spacial score (nSPS) is 23.5. The molecule has 2 aromatic heterocycles. The van der Waals surface area contributed by atoms with E-state index in [1.807, 2.05) is 26.0 Å². The standard InChI is InChI=1S/C26H39FN4O3/c1-5-10-21(24(27)7-3)18-34-23-13-19(4)30(22(6-2)14-23)15-20(17-32)16-31-26(33)29-12-9-8-11-25(29)28-31/h5,8-12,19-20,22-23,32H,6-7,13-18H2,1-4H3/b10-5-,24-21-. The highest BCUT2D eigenvalue weighted by Crippen LogP contribution is 2.29. The van der Waals surface area contributed by atoms with Gasteiger partial charge in [0.15, 0.2) is 5.65 Å². The predicted molar refractivity (Wildman–Crippen MR) is 132 cm³/mol. The molecule has 0 radical (unpaired) electrons. The van der Waals surface area contributed by atoms with Gasteiger partial charge in [-0.3, -0.25) is 9.30 Å². The zero-order valence-electron chi connectivity index (χ0n) is 20.9. The number of aliphatic hydroxyl groups is 1. The van der Waals surface area contributed by atoms with Crippen molar-refractivity contribution in [2.24, 2.45) is 5.92 Å². The van der Waals surface area contributed by atoms with E-state index in [9.17, 15) is 14.3 Å². The summed E-state index contributed by atoms with van der Waals surface area (Å²) in [5, 5.41) is 14.5. The van der Waals surface area contributed by atoms with E-state index in [1.54, 1.807) is 24.4 Å². The first-order valence-electron chi connectivity index (χ1n) is 12.4. The van der Waals surface area contributed by atoms with Crippen LogP contribution in [-0.4, -0.2) is 62.1 Å². The summed E-state index contributed by atoms with van der Waals surface area (Å²) < 4.78 is 23.3. The summed E-state index contributed by atoms with van der Waals surface area (Å²) in [5.41, 5.74) is 1.03. The van der Waals surface area contributed by atoms with E-state index >= 15 is 0 Å². The summed E-state index contributed by atoms with van der Waals surface area (Å²) in [6, 6.07) is 6.00. The zero-order valence-corrected chi connectivity index (χ0v) is 20.9. The molecule has 0 aromatic carbocycles. The summed E-state index contributed by atoms with van der Waals surface area (Å²) in [7, 11) is 0. The highest BCUT2D eigenvalue weighted by molar-refractivity contribution is 5.35. The van der Waals surface area contributed by atoms with Crippen LogP contribution in [0.25, 0.3) is 5.65 Å². The van der Waals surface area contributed by atoms with Gasteiger partial charge < -0.3 is 9.84 Å². The fourth-order valence-corrected chi connectivity index (χ4v) is 4.93. The van der Waals surface area contributed by atoms with Crippen LogP contribution in [0.5, 0.6) is 0 Å². The molecule has 0 bridgehead atoms. The Kier molecular flexibility index (Phi) is 9.62. The van der Waals surface area contributed by atoms with E-state index in [0.717, 1.165) is 19.3 Å². The van der Waals surface area contributed by atoms with Gasteiger partial charge >= 0.3 is 5.69 Å². The van der Waals surface area contributed by atoms with Crippen molar-refractivity contribution in [3.05, 3.63) is 58.4 Å². The Hall–Kier alpha value is -2.29. The Morgan fingerprint density at radius 1 is 1.32 bits per heavy atom. The Labute approximate surface area is 201 Å². The zero-order chi connectivity index (χ0) is 24.7. The van der Waals surface area contributed by atoms with Gasteiger partial charge in [0, 0.05) is 42.9 Å². The molecule has 0 aliphatic carbocycles. The fraction of sp³-hybridized carbons (Fsp3) is 0.615. The first kappa shape index (κ1) is 26.3. The van der Waals surface area contributed by atoms with E-state index in [-0.39, 0.29) is 42.8 Å². The van der Waals surface area contributed by atoms with Crippen molar-refractivity contribution in [3.63, 3.8) is 0 Å². The van der Waals surface area contributed by atoms with Gasteiger partial charge in [0.25, 0.3) is 0 Å². The molecular formula is C26H39FN4O3. The van der Waals surface area contributed by atoms with Gasteiger partial charge in [-0.2, -0.15) is 0 Å². The highest BCUT2D eigenvalue weighted by Gasteiger charge is 2.34. The Bertz CT molecular complexity index is 1040. The third-order valence-corrected chi connectivity index (χ3v) is 6.79. The Morgan fingerprint density at radius 2 is 2.12 bits per heavy atom. The molecule has 2 aromatic rings. The van der Waals surface area contributed by atoms with E-state index < -0.39 is 0 Å². The number of aliphatic hydroxyl groups excluding tert-OH is 1. The van der Waals surface area contributed by atoms with Crippen LogP contribution >= 0.6 is 0 Å². The summed E-state index contributed by atoms with van der Waals surface area (Å²) in [5.74, 6) is -0.233. The number of fused-ring (bicyclic) bond motifs is 1. The smallest absolute Gasteiger partial charge is 0.350 e. The molecule has 4 unspecified atom stereocenters. The highest BCUT2D eigenvalue weighted by atomic mass is 19.1. The number of likely N-dealkylation sites (tertiary alicyclic amines) is 1. The molecular weight excluding hydrogens is 435 g/mol. The minimum atomic E-state index is -0.189. The van der Waals surface area contributed by atoms with Crippen molar-refractivity contribution in [1.82, 2.24) is 19.1 Å². The number of nitrogens with zero attached hydrogens (tertiary/aromatic N) is 4. The molecule has 1 fully saturated rings. The molecule has 188 valence electrons. The number of hydrogen-bond acceptors (Lipinski definition) is 5. The third-order valence-electron chi connectivity index (χ3n) is 6.79. The predicted octanol–water partition coefficient (Wildman–Crippen LogP) is 3.96. The maximum absolute atomic E-state index is 14.2. The Balaban J connectivity index is 1.65. The molecule has 0 amide bonds. The number of aromatic nitrogens is 3. The molecule has 0 saturated carbocycles. The topological polar surface area (TPSA) is 72.0 Å². The van der Waals surface area contributed by atoms with Crippen LogP contribution in [0, 0.1) is 5.92 Å². The number of hydrogen-bond donors (Lipinski definition) is 1. The SMILES string of the molecule is C/C=C\C(COC1CC(C)N(CC(CO)Cn2nc3ccccn3c2=O)C(CC)C1)=C(\F)CC. The molecule has 7 nitrogen and oxygen atoms in total. The number of piperidine rings is 1. The van der Waals surface area contributed by atoms with Crippen LogP contribution < -0.4 is 5.69 Å². The number of ether oxygens (including phenoxy) is 1. The molecule has 1 N–H and O–H groups in total. The van der Waals surface area contributed by atoms with Crippen molar-refractivity contribution in [2.75, 3.05) is 19.8 Å². The van der Waals surface area contributed by atoms with Crippen LogP contribution in [0.4, 0.5) is 4.39 Å². The lowest BCUT2D eigenvalue weighted by molar-refractivity contribution is -0.0403. The summed E-state index contributed by atoms with van der Waals surface area (Å²) in [4.78, 5) is 15.1. The van der Waals surface area contributed by atoms with Gasteiger partial charge in [0.2, 0.25) is 0 Å². The quantitative estimate of drug-likeness (QED) is 0.499. The van der Waals surface area contributed by atoms with Crippen molar-refractivity contribution in [3.8, 4) is 0 Å². The fourth-order valence-electron chi connectivity index (χ4n) is 4.93. The largest absolute Gasteiger partial charge is 0.396 e. The molecule has 34 heavy (non-hydrogen) atoms. The number of halogens is 1. The van der Waals surface area contributed by atoms with Crippen LogP contribution in [-0.2, 0) is 11.3 Å². The van der Waals surface area contributed by atoms with Crippen LogP contribution in [0.3, 0.4) is 0 Å². The van der Waals surface area contributed by atoms with Gasteiger partial charge in [-0.1, -0.05) is 32.1 Å². The van der Waals surface area contributed by atoms with Gasteiger partial charge in [-0.05, 0) is 51.7 Å². The second-order valence-corrected chi connectivity index (χ2v) is 9.24. The van der Waals surface area contributed by atoms with Crippen molar-refractivity contribution in [1.29, 1.82) is 0 Å². The minimum absolute atomic E-state index is 0.0201. The molecule has 3 rings (SSSR count). The molecule has 0 spiro atoms. The lowest BCUT2D eigenvalue weighted by Crippen LogP contribution is -2.52. The molecule has 8 heteroatoms. The second kappa shape index (κ2) is 12.4. The number of rotatable bonds is 11. The molecule has 1 aliphatic rings. The molecule has 4 atom stereocenters. The lowest BCUT2D eigenvalue weighted by atomic mass is 9.91. The van der Waals surface area contributed by atoms with E-state index in [1.165, 1.54) is 9.08 Å². The van der Waals surface area contributed by atoms with E-state index in [0.29, 0.717) is 36.8 Å². The van der Waals surface area contributed by atoms with Crippen molar-refractivity contribution < 1.29 is 14.2 Å².